The Morgan fingerprint density at radius 3 is 2.50 bits per heavy atom. The van der Waals surface area contributed by atoms with Crippen LogP contribution in [0.2, 0.25) is 0 Å². The van der Waals surface area contributed by atoms with E-state index in [1.165, 1.54) is 60.8 Å². The van der Waals surface area contributed by atoms with E-state index in [1.807, 2.05) is 0 Å². The number of nitrogens with one attached hydrogen (secondary N) is 1. The summed E-state index contributed by atoms with van der Waals surface area (Å²) in [5, 5.41) is 23.3. The number of carbonyl (C=O) groups excluding carboxylic acids is 1. The predicted octanol–water partition coefficient (Wildman–Crippen LogP) is 5.55. The highest BCUT2D eigenvalue weighted by Gasteiger charge is 2.41. The number of aromatic amines is 1. The van der Waals surface area contributed by atoms with E-state index in [-0.39, 0.29) is 29.4 Å². The van der Waals surface area contributed by atoms with Gasteiger partial charge in [0.05, 0.1) is 57.1 Å². The largest absolute Gasteiger partial charge is 0.483 e. The van der Waals surface area contributed by atoms with Gasteiger partial charge in [-0.2, -0.15) is 18.4 Å². The molecule has 1 fully saturated rings. The van der Waals surface area contributed by atoms with Crippen LogP contribution in [0.1, 0.15) is 67.3 Å². The lowest BCUT2D eigenvalue weighted by Gasteiger charge is -2.37. The van der Waals surface area contributed by atoms with Gasteiger partial charge in [-0.25, -0.2) is 19.3 Å². The average Bonchev–Trinajstić information content (AvgIpc) is 3.43. The van der Waals surface area contributed by atoms with Crippen molar-refractivity contribution in [2.24, 2.45) is 5.92 Å². The number of methoxy groups -OCH3 is 1. The Hall–Kier alpha value is -4.90. The van der Waals surface area contributed by atoms with Crippen LogP contribution < -0.4 is 10.6 Å². The highest BCUT2D eigenvalue weighted by molar-refractivity contribution is 5.93. The van der Waals surface area contributed by atoms with Gasteiger partial charge >= 0.3 is 17.8 Å². The molecule has 48 heavy (non-hydrogen) atoms. The van der Waals surface area contributed by atoms with Gasteiger partial charge in [0.2, 0.25) is 5.95 Å². The normalized spacial score (nSPS) is 16.8. The summed E-state index contributed by atoms with van der Waals surface area (Å²) in [5.41, 5.74) is 0.715. The Morgan fingerprint density at radius 2 is 1.88 bits per heavy atom. The fourth-order valence-corrected chi connectivity index (χ4v) is 6.82. The molecule has 1 atom stereocenters. The van der Waals surface area contributed by atoms with Crippen LogP contribution in [0.5, 0.6) is 0 Å². The first-order valence-corrected chi connectivity index (χ1v) is 15.6. The van der Waals surface area contributed by atoms with Gasteiger partial charge in [0, 0.05) is 23.7 Å². The molecule has 2 aliphatic rings. The Labute approximate surface area is 276 Å². The van der Waals surface area contributed by atoms with E-state index >= 15 is 0 Å². The summed E-state index contributed by atoms with van der Waals surface area (Å²) in [6.07, 6.45) is 2.19. The molecule has 0 spiro atoms. The third-order valence-electron chi connectivity index (χ3n) is 9.01. The summed E-state index contributed by atoms with van der Waals surface area (Å²) < 4.78 is 48.2. The van der Waals surface area contributed by atoms with Gasteiger partial charge in [-0.1, -0.05) is 31.4 Å². The number of nitriles is 1. The van der Waals surface area contributed by atoms with Gasteiger partial charge < -0.3 is 14.3 Å². The number of aromatic nitrogens is 3. The minimum atomic E-state index is -4.61. The first-order chi connectivity index (χ1) is 22.8. The van der Waals surface area contributed by atoms with Gasteiger partial charge in [-0.05, 0) is 61.2 Å². The molecule has 0 bridgehead atoms. The van der Waals surface area contributed by atoms with Crippen molar-refractivity contribution in [2.75, 3.05) is 39.2 Å². The van der Waals surface area contributed by atoms with Crippen LogP contribution in [0.25, 0.3) is 0 Å². The van der Waals surface area contributed by atoms with Gasteiger partial charge in [-0.15, -0.1) is 5.10 Å². The molecular weight excluding hydrogens is 629 g/mol. The number of anilines is 2. The molecule has 0 amide bonds. The second-order valence-electron chi connectivity index (χ2n) is 12.7. The lowest BCUT2D eigenvalue weighted by atomic mass is 9.87. The van der Waals surface area contributed by atoms with E-state index in [9.17, 15) is 28.0 Å². The summed E-state index contributed by atoms with van der Waals surface area (Å²) in [4.78, 5) is 36.6. The lowest BCUT2D eigenvalue weighted by Crippen LogP contribution is -2.45. The molecule has 1 aromatic heterocycles. The number of rotatable bonds is 8. The van der Waals surface area contributed by atoms with Crippen molar-refractivity contribution in [2.45, 2.75) is 57.7 Å². The molecule has 0 unspecified atom stereocenters. The molecule has 2 N–H and O–H groups in total. The number of carbonyl (C=O) groups is 2. The minimum Gasteiger partial charge on any atom is -0.483 e. The molecule has 3 aromatic rings. The molecule has 2 heterocycles. The summed E-state index contributed by atoms with van der Waals surface area (Å²) in [5.74, 6) is -0.0578. The van der Waals surface area contributed by atoms with Crippen molar-refractivity contribution < 1.29 is 37.1 Å². The number of allylic oxidation sites excluding steroid dienone is 1. The smallest absolute Gasteiger partial charge is 0.416 e. The molecule has 2 aromatic carbocycles. The van der Waals surface area contributed by atoms with E-state index < -0.39 is 29.4 Å². The molecule has 0 saturated heterocycles. The standard InChI is InChI=1S/C33H37F3N6O3.CH2O2/c1-21-28(30(43)45-4)29(41-31(38-39-32(41)44)40(21)26-12-8-11-25(18-26)33(34,35)36)27-14-13-23(19-37)17-24(27)15-16-42(2,3)20-22-9-6-5-7-10-22;2-1-3/h8,11-14,17-18,22,29H,5-7,9-10,15-16,20H2,1-4H3;1H,(H,2,3)/p+1/t29-;/m1./s1. The SMILES string of the molecule is COC(=O)C1=C(C)N(c2cccc(C(F)(F)F)c2)c2n[nH]c(=O)n2[C@@H]1c1ccc(C#N)cc1CC[N+](C)(C)CC1CCCCC1.O=CO. The maximum absolute atomic E-state index is 13.7. The number of likely N-dealkylation sites (N-methyl/N-ethyl adjacent to an activating group) is 1. The number of hydrogen-bond acceptors (Lipinski definition) is 7. The number of benzene rings is 2. The number of H-pyrrole nitrogens is 1. The second-order valence-corrected chi connectivity index (χ2v) is 12.7. The van der Waals surface area contributed by atoms with Crippen LogP contribution in [-0.2, 0) is 26.9 Å². The number of alkyl halides is 3. The zero-order valence-electron chi connectivity index (χ0n) is 27.4. The zero-order chi connectivity index (χ0) is 35.2. The number of hydrogen-bond donors (Lipinski definition) is 2. The van der Waals surface area contributed by atoms with Crippen molar-refractivity contribution in [3.05, 3.63) is 86.5 Å². The van der Waals surface area contributed by atoms with Crippen LogP contribution in [0.3, 0.4) is 0 Å². The van der Waals surface area contributed by atoms with E-state index in [1.54, 1.807) is 25.1 Å². The van der Waals surface area contributed by atoms with E-state index in [2.05, 4.69) is 30.4 Å². The topological polar surface area (TPSA) is 141 Å². The monoisotopic (exact) mass is 669 g/mol. The fraction of sp³-hybridized carbons (Fsp3) is 0.441. The van der Waals surface area contributed by atoms with Crippen LogP contribution >= 0.6 is 0 Å². The van der Waals surface area contributed by atoms with Crippen LogP contribution in [0.4, 0.5) is 24.8 Å². The van der Waals surface area contributed by atoms with Crippen molar-refractivity contribution >= 4 is 24.1 Å². The van der Waals surface area contributed by atoms with Gasteiger partial charge in [0.1, 0.15) is 6.04 Å². The molecule has 11 nitrogen and oxygen atoms in total. The number of fused-ring (bicyclic) bond motifs is 1. The van der Waals surface area contributed by atoms with Gasteiger partial charge in [-0.3, -0.25) is 9.69 Å². The molecule has 1 aliphatic heterocycles. The predicted molar refractivity (Wildman–Crippen MR) is 171 cm³/mol. The van der Waals surface area contributed by atoms with Gasteiger partial charge in [0.25, 0.3) is 6.47 Å². The van der Waals surface area contributed by atoms with Crippen molar-refractivity contribution in [1.29, 1.82) is 5.26 Å². The summed E-state index contributed by atoms with van der Waals surface area (Å²) >= 11 is 0. The Morgan fingerprint density at radius 1 is 1.19 bits per heavy atom. The number of nitrogens with zero attached hydrogens (tertiary/aromatic N) is 5. The quantitative estimate of drug-likeness (QED) is 0.181. The Balaban J connectivity index is 0.00000167. The van der Waals surface area contributed by atoms with E-state index in [0.29, 0.717) is 23.5 Å². The third-order valence-corrected chi connectivity index (χ3v) is 9.01. The molecule has 1 saturated carbocycles. The zero-order valence-corrected chi connectivity index (χ0v) is 27.4. The number of halogens is 3. The van der Waals surface area contributed by atoms with Crippen molar-refractivity contribution in [1.82, 2.24) is 14.8 Å². The summed E-state index contributed by atoms with van der Waals surface area (Å²) in [6, 6.07) is 11.0. The number of carboxylic acid groups (broad SMARTS) is 1. The van der Waals surface area contributed by atoms with Crippen molar-refractivity contribution in [3.8, 4) is 6.07 Å². The maximum Gasteiger partial charge on any atom is 0.416 e. The van der Waals surface area contributed by atoms with E-state index in [4.69, 9.17) is 14.6 Å². The average molecular weight is 670 g/mol. The molecule has 1 aliphatic carbocycles. The molecule has 5 rings (SSSR count). The van der Waals surface area contributed by atoms with Crippen LogP contribution in [0.15, 0.2) is 58.5 Å². The van der Waals surface area contributed by atoms with Crippen molar-refractivity contribution in [3.63, 3.8) is 0 Å². The molecule has 0 radical (unpaired) electrons. The molecular formula is C34H40F3N6O5+. The highest BCUT2D eigenvalue weighted by atomic mass is 19.4. The first-order valence-electron chi connectivity index (χ1n) is 15.6. The molecule has 14 heteroatoms. The highest BCUT2D eigenvalue weighted by Crippen LogP contribution is 2.43. The number of quaternary nitrogens is 1. The number of esters is 1. The lowest BCUT2D eigenvalue weighted by molar-refractivity contribution is -0.893. The maximum atomic E-state index is 13.7. The Bertz CT molecular complexity index is 1770. The molecule has 256 valence electrons. The van der Waals surface area contributed by atoms with Gasteiger partial charge in [0.15, 0.2) is 0 Å². The minimum absolute atomic E-state index is 0.0261. The van der Waals surface area contributed by atoms with Crippen LogP contribution in [-0.4, -0.2) is 71.1 Å². The number of ether oxygens (including phenoxy) is 1. The summed E-state index contributed by atoms with van der Waals surface area (Å²) in [6.45, 7) is 3.13. The third kappa shape index (κ3) is 7.79. The van der Waals surface area contributed by atoms with E-state index in [0.717, 1.165) is 35.3 Å². The summed E-state index contributed by atoms with van der Waals surface area (Å²) in [7, 11) is 5.60. The Kier molecular flexibility index (Phi) is 11.2. The first kappa shape index (κ1) is 35.9. The second kappa shape index (κ2) is 14.9. The fourth-order valence-electron chi connectivity index (χ4n) is 6.82. The van der Waals surface area contributed by atoms with Crippen LogP contribution in [0, 0.1) is 17.2 Å².